The van der Waals surface area contributed by atoms with Gasteiger partial charge in [-0.1, -0.05) is 6.08 Å². The Balaban J connectivity index is 1.83. The Kier molecular flexibility index (Phi) is 4.99. The Labute approximate surface area is 153 Å². The summed E-state index contributed by atoms with van der Waals surface area (Å²) in [6, 6.07) is 4.71. The number of nitrogens with zero attached hydrogens (tertiary/aromatic N) is 2. The number of aromatic nitrogens is 2. The van der Waals surface area contributed by atoms with Crippen molar-refractivity contribution in [1.29, 1.82) is 0 Å². The van der Waals surface area contributed by atoms with Crippen LogP contribution < -0.4 is 5.32 Å². The summed E-state index contributed by atoms with van der Waals surface area (Å²) in [7, 11) is 0. The van der Waals surface area contributed by atoms with Gasteiger partial charge >= 0.3 is 0 Å². The van der Waals surface area contributed by atoms with Crippen LogP contribution in [0.4, 0.5) is 13.9 Å². The molecule has 2 heterocycles. The lowest BCUT2D eigenvalue weighted by atomic mass is 10.2. The molecule has 0 spiro atoms. The van der Waals surface area contributed by atoms with Gasteiger partial charge in [0.05, 0.1) is 5.69 Å². The molecule has 0 fully saturated rings. The lowest BCUT2D eigenvalue weighted by molar-refractivity contribution is 0.102. The minimum absolute atomic E-state index is 0.0941. The number of amides is 1. The monoisotopic (exact) mass is 373 g/mol. The summed E-state index contributed by atoms with van der Waals surface area (Å²) in [6.45, 7) is 8.47. The Morgan fingerprint density at radius 3 is 2.62 bits per heavy atom. The highest BCUT2D eigenvalue weighted by Crippen LogP contribution is 2.30. The van der Waals surface area contributed by atoms with E-state index in [0.717, 1.165) is 40.8 Å². The van der Waals surface area contributed by atoms with Gasteiger partial charge in [-0.05, 0) is 32.0 Å². The Bertz CT molecular complexity index is 971. The Morgan fingerprint density at radius 1 is 1.27 bits per heavy atom. The maximum Gasteiger partial charge on any atom is 0.257 e. The van der Waals surface area contributed by atoms with E-state index in [1.165, 1.54) is 11.3 Å². The first-order valence-electron chi connectivity index (χ1n) is 7.90. The van der Waals surface area contributed by atoms with E-state index < -0.39 is 17.5 Å². The SMILES string of the molecule is C=CCn1c(C)cc(-c2csc(NC(=O)c3cc(F)cc(F)c3)n2)c1C. The summed E-state index contributed by atoms with van der Waals surface area (Å²) in [6.07, 6.45) is 1.83. The molecule has 0 saturated heterocycles. The van der Waals surface area contributed by atoms with E-state index in [1.54, 1.807) is 0 Å². The number of allylic oxidation sites excluding steroid dienone is 1. The molecule has 0 aliphatic heterocycles. The van der Waals surface area contributed by atoms with E-state index in [2.05, 4.69) is 21.4 Å². The van der Waals surface area contributed by atoms with Gasteiger partial charge in [0, 0.05) is 40.5 Å². The van der Waals surface area contributed by atoms with Crippen molar-refractivity contribution in [2.75, 3.05) is 5.32 Å². The minimum Gasteiger partial charge on any atom is -0.345 e. The highest BCUT2D eigenvalue weighted by Gasteiger charge is 2.15. The molecule has 0 saturated carbocycles. The molecule has 3 aromatic rings. The zero-order valence-electron chi connectivity index (χ0n) is 14.3. The number of hydrogen-bond donors (Lipinski definition) is 1. The van der Waals surface area contributed by atoms with Crippen molar-refractivity contribution in [1.82, 2.24) is 9.55 Å². The number of thiazole rings is 1. The molecule has 0 bridgehead atoms. The highest BCUT2D eigenvalue weighted by atomic mass is 32.1. The van der Waals surface area contributed by atoms with Crippen molar-refractivity contribution in [3.05, 3.63) is 70.9 Å². The van der Waals surface area contributed by atoms with Crippen molar-refractivity contribution in [2.24, 2.45) is 0 Å². The number of hydrogen-bond acceptors (Lipinski definition) is 3. The molecule has 0 aliphatic rings. The first-order valence-corrected chi connectivity index (χ1v) is 8.78. The van der Waals surface area contributed by atoms with E-state index >= 15 is 0 Å². The molecule has 1 aromatic carbocycles. The molecule has 26 heavy (non-hydrogen) atoms. The zero-order chi connectivity index (χ0) is 18.8. The average Bonchev–Trinajstić information content (AvgIpc) is 3.13. The van der Waals surface area contributed by atoms with Crippen LogP contribution in [0.1, 0.15) is 21.7 Å². The normalized spacial score (nSPS) is 10.8. The summed E-state index contributed by atoms with van der Waals surface area (Å²) < 4.78 is 28.6. The molecule has 0 unspecified atom stereocenters. The van der Waals surface area contributed by atoms with Crippen molar-refractivity contribution in [2.45, 2.75) is 20.4 Å². The first-order chi connectivity index (χ1) is 12.4. The van der Waals surface area contributed by atoms with Crippen molar-refractivity contribution < 1.29 is 13.6 Å². The highest BCUT2D eigenvalue weighted by molar-refractivity contribution is 7.14. The molecule has 1 N–H and O–H groups in total. The lowest BCUT2D eigenvalue weighted by Crippen LogP contribution is -2.12. The molecular weight excluding hydrogens is 356 g/mol. The Hall–Kier alpha value is -2.80. The first kappa shape index (κ1) is 18.0. The van der Waals surface area contributed by atoms with Gasteiger partial charge in [0.2, 0.25) is 0 Å². The van der Waals surface area contributed by atoms with Crippen LogP contribution in [-0.4, -0.2) is 15.5 Å². The summed E-state index contributed by atoms with van der Waals surface area (Å²) in [5.74, 6) is -2.21. The third-order valence-electron chi connectivity index (χ3n) is 4.01. The van der Waals surface area contributed by atoms with Crippen LogP contribution in [0.3, 0.4) is 0 Å². The summed E-state index contributed by atoms with van der Waals surface area (Å²) in [5.41, 5.74) is 3.75. The fourth-order valence-electron chi connectivity index (χ4n) is 2.78. The number of halogens is 2. The molecule has 0 radical (unpaired) electrons. The molecule has 2 aromatic heterocycles. The van der Waals surface area contributed by atoms with Crippen LogP contribution in [0, 0.1) is 25.5 Å². The third kappa shape index (κ3) is 3.57. The smallest absolute Gasteiger partial charge is 0.257 e. The fourth-order valence-corrected chi connectivity index (χ4v) is 3.49. The van der Waals surface area contributed by atoms with Crippen LogP contribution in [0.2, 0.25) is 0 Å². The summed E-state index contributed by atoms with van der Waals surface area (Å²) in [5, 5.41) is 4.78. The van der Waals surface area contributed by atoms with Crippen LogP contribution in [0.15, 0.2) is 42.3 Å². The molecule has 134 valence electrons. The van der Waals surface area contributed by atoms with Crippen LogP contribution >= 0.6 is 11.3 Å². The number of anilines is 1. The molecule has 0 aliphatic carbocycles. The van der Waals surface area contributed by atoms with E-state index in [-0.39, 0.29) is 5.56 Å². The van der Waals surface area contributed by atoms with Gasteiger partial charge in [-0.3, -0.25) is 10.1 Å². The molecule has 7 heteroatoms. The van der Waals surface area contributed by atoms with Gasteiger partial charge in [0.15, 0.2) is 5.13 Å². The van der Waals surface area contributed by atoms with Gasteiger partial charge in [-0.25, -0.2) is 13.8 Å². The number of benzene rings is 1. The molecule has 1 amide bonds. The van der Waals surface area contributed by atoms with Crippen LogP contribution in [0.5, 0.6) is 0 Å². The number of aryl methyl sites for hydroxylation is 1. The van der Waals surface area contributed by atoms with Crippen molar-refractivity contribution in [3.63, 3.8) is 0 Å². The second-order valence-electron chi connectivity index (χ2n) is 5.83. The number of rotatable bonds is 5. The molecule has 3 rings (SSSR count). The van der Waals surface area contributed by atoms with E-state index in [0.29, 0.717) is 11.7 Å². The second kappa shape index (κ2) is 7.21. The van der Waals surface area contributed by atoms with Gasteiger partial charge < -0.3 is 4.57 Å². The third-order valence-corrected chi connectivity index (χ3v) is 4.77. The molecule has 4 nitrogen and oxygen atoms in total. The predicted octanol–water partition coefficient (Wildman–Crippen LogP) is 4.94. The van der Waals surface area contributed by atoms with Crippen molar-refractivity contribution in [3.8, 4) is 11.3 Å². The average molecular weight is 373 g/mol. The second-order valence-corrected chi connectivity index (χ2v) is 6.69. The van der Waals surface area contributed by atoms with E-state index in [1.807, 2.05) is 31.4 Å². The Morgan fingerprint density at radius 2 is 1.96 bits per heavy atom. The minimum atomic E-state index is -0.801. The largest absolute Gasteiger partial charge is 0.345 e. The van der Waals surface area contributed by atoms with Crippen LogP contribution in [-0.2, 0) is 6.54 Å². The molecule has 0 atom stereocenters. The number of nitrogens with one attached hydrogen (secondary N) is 1. The maximum absolute atomic E-state index is 13.3. The van der Waals surface area contributed by atoms with Gasteiger partial charge in [0.1, 0.15) is 11.6 Å². The van der Waals surface area contributed by atoms with E-state index in [9.17, 15) is 13.6 Å². The summed E-state index contributed by atoms with van der Waals surface area (Å²) in [4.78, 5) is 16.6. The lowest BCUT2D eigenvalue weighted by Gasteiger charge is -2.05. The number of carbonyl (C=O) groups is 1. The van der Waals surface area contributed by atoms with Gasteiger partial charge in [-0.2, -0.15) is 0 Å². The zero-order valence-corrected chi connectivity index (χ0v) is 15.2. The quantitative estimate of drug-likeness (QED) is 0.644. The topological polar surface area (TPSA) is 46.9 Å². The van der Waals surface area contributed by atoms with Gasteiger partial charge in [0.25, 0.3) is 5.91 Å². The maximum atomic E-state index is 13.3. The summed E-state index contributed by atoms with van der Waals surface area (Å²) >= 11 is 1.25. The fraction of sp³-hybridized carbons (Fsp3) is 0.158. The van der Waals surface area contributed by atoms with Gasteiger partial charge in [-0.15, -0.1) is 17.9 Å². The van der Waals surface area contributed by atoms with E-state index in [4.69, 9.17) is 0 Å². The predicted molar refractivity (Wildman–Crippen MR) is 99.5 cm³/mol. The number of carbonyl (C=O) groups excluding carboxylic acids is 1. The van der Waals surface area contributed by atoms with Crippen molar-refractivity contribution >= 4 is 22.4 Å². The standard InChI is InChI=1S/C19H17F2N3OS/c1-4-5-24-11(2)6-16(12(24)3)17-10-26-19(22-17)23-18(25)13-7-14(20)9-15(21)8-13/h4,6-10H,1,5H2,2-3H3,(H,22,23,25). The van der Waals surface area contributed by atoms with Crippen LogP contribution in [0.25, 0.3) is 11.3 Å². The molecular formula is C19H17F2N3OS.